The monoisotopic (exact) mass is 285 g/mol. The summed E-state index contributed by atoms with van der Waals surface area (Å²) in [6.07, 6.45) is 4.96. The van der Waals surface area contributed by atoms with Gasteiger partial charge in [0.25, 0.3) is 0 Å². The van der Waals surface area contributed by atoms with E-state index < -0.39 is 10.0 Å². The normalized spacial score (nSPS) is 21.5. The lowest BCUT2D eigenvalue weighted by atomic mass is 9.93. The molecule has 0 N–H and O–H groups in total. The molecule has 0 aromatic heterocycles. The number of benzene rings is 1. The Morgan fingerprint density at radius 1 is 1.42 bits per heavy atom. The summed E-state index contributed by atoms with van der Waals surface area (Å²) < 4.78 is 37.7. The minimum Gasteiger partial charge on any atom is -0.213 e. The van der Waals surface area contributed by atoms with Gasteiger partial charge in [-0.2, -0.15) is 0 Å². The molecule has 1 aliphatic rings. The van der Waals surface area contributed by atoms with Crippen LogP contribution in [0.1, 0.15) is 24.8 Å². The summed E-state index contributed by atoms with van der Waals surface area (Å²) >= 11 is 0. The molecule has 1 fully saturated rings. The van der Waals surface area contributed by atoms with Gasteiger partial charge in [-0.1, -0.05) is 12.1 Å². The minimum atomic E-state index is -3.08. The molecule has 0 bridgehead atoms. The number of nitrogens with zero attached hydrogens (tertiary/aromatic N) is 1. The molecule has 0 amide bonds. The number of sulfonamides is 1. The van der Waals surface area contributed by atoms with Gasteiger partial charge < -0.3 is 0 Å². The molecule has 0 radical (unpaired) electrons. The van der Waals surface area contributed by atoms with Crippen LogP contribution in [0.2, 0.25) is 0 Å². The Balaban J connectivity index is 1.89. The maximum Gasteiger partial charge on any atom is 0.211 e. The Labute approximate surface area is 114 Å². The zero-order valence-electron chi connectivity index (χ0n) is 11.2. The second-order valence-electron chi connectivity index (χ2n) is 5.30. The van der Waals surface area contributed by atoms with Crippen LogP contribution in [0.25, 0.3) is 0 Å². The summed E-state index contributed by atoms with van der Waals surface area (Å²) in [4.78, 5) is 0. The Morgan fingerprint density at radius 2 is 2.21 bits per heavy atom. The van der Waals surface area contributed by atoms with Gasteiger partial charge >= 0.3 is 0 Å². The van der Waals surface area contributed by atoms with Gasteiger partial charge in [-0.3, -0.25) is 0 Å². The second-order valence-corrected chi connectivity index (χ2v) is 7.28. The number of rotatable bonds is 4. The van der Waals surface area contributed by atoms with Crippen LogP contribution in [0.5, 0.6) is 0 Å². The lowest BCUT2D eigenvalue weighted by Gasteiger charge is -2.30. The maximum absolute atomic E-state index is 13.1. The summed E-state index contributed by atoms with van der Waals surface area (Å²) in [5.74, 6) is 0.172. The summed E-state index contributed by atoms with van der Waals surface area (Å²) in [7, 11) is -3.08. The number of hydrogen-bond acceptors (Lipinski definition) is 2. The smallest absolute Gasteiger partial charge is 0.211 e. The van der Waals surface area contributed by atoms with Gasteiger partial charge in [-0.05, 0) is 49.3 Å². The highest BCUT2D eigenvalue weighted by Gasteiger charge is 2.25. The van der Waals surface area contributed by atoms with Gasteiger partial charge in [0, 0.05) is 13.1 Å². The van der Waals surface area contributed by atoms with Gasteiger partial charge in [0.05, 0.1) is 6.26 Å². The fourth-order valence-electron chi connectivity index (χ4n) is 2.63. The molecule has 1 aromatic carbocycles. The van der Waals surface area contributed by atoms with E-state index in [2.05, 4.69) is 0 Å². The molecular weight excluding hydrogens is 265 g/mol. The lowest BCUT2D eigenvalue weighted by molar-refractivity contribution is 0.257. The highest BCUT2D eigenvalue weighted by molar-refractivity contribution is 7.88. The molecular formula is C14H20FNO2S. The van der Waals surface area contributed by atoms with Crippen molar-refractivity contribution >= 4 is 10.0 Å². The summed E-state index contributed by atoms with van der Waals surface area (Å²) in [6.45, 7) is 1.24. The molecule has 1 heterocycles. The Hall–Kier alpha value is -0.940. The van der Waals surface area contributed by atoms with Crippen molar-refractivity contribution < 1.29 is 12.8 Å². The molecule has 2 rings (SSSR count). The Kier molecular flexibility index (Phi) is 4.58. The Bertz CT molecular complexity index is 530. The zero-order chi connectivity index (χ0) is 13.9. The molecule has 19 heavy (non-hydrogen) atoms. The first kappa shape index (κ1) is 14.5. The topological polar surface area (TPSA) is 37.4 Å². The van der Waals surface area contributed by atoms with Crippen molar-refractivity contribution in [2.24, 2.45) is 5.92 Å². The van der Waals surface area contributed by atoms with E-state index in [9.17, 15) is 12.8 Å². The highest BCUT2D eigenvalue weighted by Crippen LogP contribution is 2.23. The van der Waals surface area contributed by atoms with Gasteiger partial charge in [-0.25, -0.2) is 17.1 Å². The van der Waals surface area contributed by atoms with Gasteiger partial charge in [0.1, 0.15) is 5.82 Å². The SMILES string of the molecule is CS(=O)(=O)N1CCC[C@@H](CCc2cccc(F)c2)C1. The largest absolute Gasteiger partial charge is 0.213 e. The zero-order valence-corrected chi connectivity index (χ0v) is 12.0. The fourth-order valence-corrected chi connectivity index (χ4v) is 3.57. The van der Waals surface area contributed by atoms with Crippen molar-refractivity contribution in [3.8, 4) is 0 Å². The van der Waals surface area contributed by atoms with E-state index in [4.69, 9.17) is 0 Å². The predicted molar refractivity (Wildman–Crippen MR) is 73.9 cm³/mol. The summed E-state index contributed by atoms with van der Waals surface area (Å²) in [5.41, 5.74) is 0.983. The van der Waals surface area contributed by atoms with Gasteiger partial charge in [0.2, 0.25) is 10.0 Å². The van der Waals surface area contributed by atoms with E-state index in [0.29, 0.717) is 19.0 Å². The van der Waals surface area contributed by atoms with Crippen LogP contribution >= 0.6 is 0 Å². The third-order valence-electron chi connectivity index (χ3n) is 3.68. The average Bonchev–Trinajstić information content (AvgIpc) is 2.36. The number of hydrogen-bond donors (Lipinski definition) is 0. The molecule has 1 aromatic rings. The predicted octanol–water partition coefficient (Wildman–Crippen LogP) is 2.43. The summed E-state index contributed by atoms with van der Waals surface area (Å²) in [6, 6.07) is 6.63. The third-order valence-corrected chi connectivity index (χ3v) is 4.95. The van der Waals surface area contributed by atoms with Crippen LogP contribution in [0, 0.1) is 11.7 Å². The van der Waals surface area contributed by atoms with Gasteiger partial charge in [0.15, 0.2) is 0 Å². The molecule has 1 atom stereocenters. The second kappa shape index (κ2) is 6.01. The molecule has 0 unspecified atom stereocenters. The van der Waals surface area contributed by atoms with Crippen LogP contribution in [-0.2, 0) is 16.4 Å². The van der Waals surface area contributed by atoms with Crippen LogP contribution in [0.4, 0.5) is 4.39 Å². The fraction of sp³-hybridized carbons (Fsp3) is 0.571. The van der Waals surface area contributed by atoms with Crippen molar-refractivity contribution in [2.75, 3.05) is 19.3 Å². The van der Waals surface area contributed by atoms with E-state index in [1.165, 1.54) is 12.3 Å². The van der Waals surface area contributed by atoms with Crippen LogP contribution in [-0.4, -0.2) is 32.1 Å². The number of aryl methyl sites for hydroxylation is 1. The minimum absolute atomic E-state index is 0.209. The molecule has 5 heteroatoms. The number of halogens is 1. The van der Waals surface area contributed by atoms with E-state index in [1.807, 2.05) is 6.07 Å². The van der Waals surface area contributed by atoms with Crippen LogP contribution in [0.15, 0.2) is 24.3 Å². The number of piperidine rings is 1. The first-order valence-corrected chi connectivity index (χ1v) is 8.49. The van der Waals surface area contributed by atoms with Crippen molar-refractivity contribution in [1.82, 2.24) is 4.31 Å². The Morgan fingerprint density at radius 3 is 2.89 bits per heavy atom. The van der Waals surface area contributed by atoms with Crippen LogP contribution < -0.4 is 0 Å². The molecule has 0 saturated carbocycles. The van der Waals surface area contributed by atoms with Gasteiger partial charge in [-0.15, -0.1) is 0 Å². The third kappa shape index (κ3) is 4.28. The maximum atomic E-state index is 13.1. The quantitative estimate of drug-likeness (QED) is 0.852. The molecule has 106 valence electrons. The highest BCUT2D eigenvalue weighted by atomic mass is 32.2. The first-order chi connectivity index (χ1) is 8.95. The van der Waals surface area contributed by atoms with Crippen molar-refractivity contribution in [2.45, 2.75) is 25.7 Å². The molecule has 3 nitrogen and oxygen atoms in total. The standard InChI is InChI=1S/C14H20FNO2S/c1-19(17,18)16-9-3-5-13(11-16)8-7-12-4-2-6-14(15)10-12/h2,4,6,10,13H,3,5,7-9,11H2,1H3/t13-/m0/s1. The van der Waals surface area contributed by atoms with E-state index >= 15 is 0 Å². The van der Waals surface area contributed by atoms with Crippen molar-refractivity contribution in [3.63, 3.8) is 0 Å². The van der Waals surface area contributed by atoms with Crippen molar-refractivity contribution in [3.05, 3.63) is 35.6 Å². The molecule has 1 saturated heterocycles. The van der Waals surface area contributed by atoms with E-state index in [-0.39, 0.29) is 5.82 Å². The average molecular weight is 285 g/mol. The molecule has 0 aliphatic carbocycles. The van der Waals surface area contributed by atoms with E-state index in [0.717, 1.165) is 31.2 Å². The van der Waals surface area contributed by atoms with E-state index in [1.54, 1.807) is 16.4 Å². The molecule has 0 spiro atoms. The first-order valence-electron chi connectivity index (χ1n) is 6.65. The molecule has 1 aliphatic heterocycles. The summed E-state index contributed by atoms with van der Waals surface area (Å²) in [5, 5.41) is 0. The lowest BCUT2D eigenvalue weighted by Crippen LogP contribution is -2.39. The van der Waals surface area contributed by atoms with Crippen molar-refractivity contribution in [1.29, 1.82) is 0 Å². The van der Waals surface area contributed by atoms with Crippen LogP contribution in [0.3, 0.4) is 0 Å².